The number of hydrogen-bond acceptors (Lipinski definition) is 6. The molecule has 86 valence electrons. The molecule has 4 nitrogen and oxygen atoms in total. The van der Waals surface area contributed by atoms with Gasteiger partial charge in [-0.2, -0.15) is 21.4 Å². The molecule has 1 atom stereocenters. The van der Waals surface area contributed by atoms with Gasteiger partial charge in [0.15, 0.2) is 5.82 Å². The second-order valence-electron chi connectivity index (χ2n) is 3.71. The zero-order valence-corrected chi connectivity index (χ0v) is 10.8. The summed E-state index contributed by atoms with van der Waals surface area (Å²) in [5.41, 5.74) is 6.22. The minimum atomic E-state index is 0.369. The molecule has 0 bridgehead atoms. The number of rotatable bonds is 2. The van der Waals surface area contributed by atoms with Crippen LogP contribution in [0, 0.1) is 11.3 Å². The Morgan fingerprint density at radius 2 is 2.50 bits per heavy atom. The summed E-state index contributed by atoms with van der Waals surface area (Å²) in [5.74, 6) is 1.48. The Morgan fingerprint density at radius 3 is 3.19 bits per heavy atom. The molecule has 6 heteroatoms. The molecule has 1 fully saturated rings. The molecule has 0 aliphatic carbocycles. The largest absolute Gasteiger partial charge is 0.382 e. The van der Waals surface area contributed by atoms with Crippen LogP contribution >= 0.6 is 23.3 Å². The van der Waals surface area contributed by atoms with Gasteiger partial charge in [0.2, 0.25) is 0 Å². The van der Waals surface area contributed by atoms with Crippen molar-refractivity contribution < 1.29 is 0 Å². The number of nitrogens with two attached hydrogens (primary N) is 1. The van der Waals surface area contributed by atoms with E-state index in [0.29, 0.717) is 16.6 Å². The van der Waals surface area contributed by atoms with Gasteiger partial charge in [-0.05, 0) is 18.0 Å². The molecule has 1 aliphatic heterocycles. The molecule has 1 aromatic rings. The Hall–Kier alpha value is -0.930. The third-order valence-electron chi connectivity index (χ3n) is 2.69. The van der Waals surface area contributed by atoms with Gasteiger partial charge in [0, 0.05) is 24.1 Å². The van der Waals surface area contributed by atoms with Gasteiger partial charge >= 0.3 is 0 Å². The fourth-order valence-corrected chi connectivity index (χ4v) is 3.74. The summed E-state index contributed by atoms with van der Waals surface area (Å²) < 4.78 is 4.06. The van der Waals surface area contributed by atoms with E-state index in [1.807, 2.05) is 11.8 Å². The van der Waals surface area contributed by atoms with Gasteiger partial charge in [-0.3, -0.25) is 0 Å². The van der Waals surface area contributed by atoms with Crippen molar-refractivity contribution in [1.82, 2.24) is 4.37 Å². The molecule has 0 radical (unpaired) electrons. The minimum absolute atomic E-state index is 0.369. The molecular weight excluding hydrogens is 240 g/mol. The molecule has 16 heavy (non-hydrogen) atoms. The smallest absolute Gasteiger partial charge is 0.157 e. The van der Waals surface area contributed by atoms with E-state index in [9.17, 15) is 0 Å². The quantitative estimate of drug-likeness (QED) is 0.873. The van der Waals surface area contributed by atoms with Crippen molar-refractivity contribution in [2.75, 3.05) is 29.5 Å². The van der Waals surface area contributed by atoms with Crippen molar-refractivity contribution in [1.29, 1.82) is 5.26 Å². The van der Waals surface area contributed by atoms with Gasteiger partial charge in [-0.15, -0.1) is 0 Å². The number of nitriles is 1. The third kappa shape index (κ3) is 2.11. The van der Waals surface area contributed by atoms with Crippen LogP contribution in [0.3, 0.4) is 0 Å². The predicted octanol–water partition coefficient (Wildman–Crippen LogP) is 1.93. The van der Waals surface area contributed by atoms with E-state index < -0.39 is 0 Å². The first kappa shape index (κ1) is 11.6. The maximum absolute atomic E-state index is 9.05. The molecular formula is C10H14N4S2. The zero-order valence-electron chi connectivity index (χ0n) is 9.14. The fourth-order valence-electron chi connectivity index (χ4n) is 1.76. The maximum atomic E-state index is 9.05. The monoisotopic (exact) mass is 254 g/mol. The minimum Gasteiger partial charge on any atom is -0.382 e. The SMILES string of the molecule is CCC1CN(c2snc(N)c2C#N)CCS1. The summed E-state index contributed by atoms with van der Waals surface area (Å²) in [6.07, 6.45) is 1.16. The molecule has 0 aromatic carbocycles. The number of hydrogen-bond donors (Lipinski definition) is 1. The molecule has 1 saturated heterocycles. The summed E-state index contributed by atoms with van der Waals surface area (Å²) in [6.45, 7) is 4.18. The topological polar surface area (TPSA) is 65.9 Å². The van der Waals surface area contributed by atoms with Crippen molar-refractivity contribution in [3.05, 3.63) is 5.56 Å². The predicted molar refractivity (Wildman–Crippen MR) is 70.0 cm³/mol. The van der Waals surface area contributed by atoms with Gasteiger partial charge in [0.1, 0.15) is 16.6 Å². The Balaban J connectivity index is 2.20. The molecule has 0 saturated carbocycles. The van der Waals surface area contributed by atoms with Gasteiger partial charge < -0.3 is 10.6 Å². The summed E-state index contributed by atoms with van der Waals surface area (Å²) in [5, 5.41) is 10.6. The first-order valence-corrected chi connectivity index (χ1v) is 7.10. The number of nitrogen functional groups attached to an aromatic ring is 1. The van der Waals surface area contributed by atoms with E-state index >= 15 is 0 Å². The van der Waals surface area contributed by atoms with Gasteiger partial charge in [0.05, 0.1) is 0 Å². The molecule has 2 N–H and O–H groups in total. The van der Waals surface area contributed by atoms with E-state index in [2.05, 4.69) is 22.3 Å². The van der Waals surface area contributed by atoms with Crippen LogP contribution in [0.4, 0.5) is 10.8 Å². The zero-order chi connectivity index (χ0) is 11.5. The summed E-state index contributed by atoms with van der Waals surface area (Å²) in [4.78, 5) is 2.25. The summed E-state index contributed by atoms with van der Waals surface area (Å²) >= 11 is 3.35. The molecule has 1 aromatic heterocycles. The first-order valence-electron chi connectivity index (χ1n) is 5.28. The lowest BCUT2D eigenvalue weighted by Crippen LogP contribution is -2.37. The van der Waals surface area contributed by atoms with Crippen LogP contribution in [0.2, 0.25) is 0 Å². The lowest BCUT2D eigenvalue weighted by atomic mass is 10.2. The van der Waals surface area contributed by atoms with Crippen LogP contribution in [-0.4, -0.2) is 28.5 Å². The average Bonchev–Trinajstić information content (AvgIpc) is 2.70. The second kappa shape index (κ2) is 4.93. The molecule has 1 unspecified atom stereocenters. The van der Waals surface area contributed by atoms with Crippen LogP contribution in [0.25, 0.3) is 0 Å². The van der Waals surface area contributed by atoms with Gasteiger partial charge in [0.25, 0.3) is 0 Å². The Morgan fingerprint density at radius 1 is 1.69 bits per heavy atom. The average molecular weight is 254 g/mol. The lowest BCUT2D eigenvalue weighted by Gasteiger charge is -2.32. The van der Waals surface area contributed by atoms with Gasteiger partial charge in [-0.25, -0.2) is 0 Å². The normalized spacial score (nSPS) is 20.8. The number of nitrogens with zero attached hydrogens (tertiary/aromatic N) is 3. The number of aromatic nitrogens is 1. The van der Waals surface area contributed by atoms with E-state index in [0.717, 1.165) is 30.3 Å². The standard InChI is InChI=1S/C10H14N4S2/c1-2-7-6-14(3-4-15-7)10-8(5-11)9(12)13-16-10/h7H,2-4,6H2,1H3,(H2,12,13). The maximum Gasteiger partial charge on any atom is 0.157 e. The number of thioether (sulfide) groups is 1. The van der Waals surface area contributed by atoms with Crippen molar-refractivity contribution >= 4 is 34.1 Å². The molecule has 2 heterocycles. The Labute approximate surface area is 104 Å². The van der Waals surface area contributed by atoms with Crippen LogP contribution in [0.1, 0.15) is 18.9 Å². The highest BCUT2D eigenvalue weighted by Gasteiger charge is 2.24. The highest BCUT2D eigenvalue weighted by atomic mass is 32.2. The Kier molecular flexibility index (Phi) is 3.56. The van der Waals surface area contributed by atoms with Crippen molar-refractivity contribution in [3.63, 3.8) is 0 Å². The second-order valence-corrected chi connectivity index (χ2v) is 5.87. The van der Waals surface area contributed by atoms with Crippen LogP contribution in [-0.2, 0) is 0 Å². The van der Waals surface area contributed by atoms with Crippen LogP contribution < -0.4 is 10.6 Å². The summed E-state index contributed by atoms with van der Waals surface area (Å²) in [7, 11) is 0. The van der Waals surface area contributed by atoms with Gasteiger partial charge in [-0.1, -0.05) is 6.92 Å². The third-order valence-corrected chi connectivity index (χ3v) is 4.99. The summed E-state index contributed by atoms with van der Waals surface area (Å²) in [6, 6.07) is 2.15. The molecule has 1 aliphatic rings. The van der Waals surface area contributed by atoms with E-state index in [4.69, 9.17) is 11.0 Å². The van der Waals surface area contributed by atoms with Crippen molar-refractivity contribution in [2.24, 2.45) is 0 Å². The molecule has 0 spiro atoms. The highest BCUT2D eigenvalue weighted by Crippen LogP contribution is 2.33. The molecule has 2 rings (SSSR count). The fraction of sp³-hybridized carbons (Fsp3) is 0.600. The van der Waals surface area contributed by atoms with Crippen LogP contribution in [0.5, 0.6) is 0 Å². The van der Waals surface area contributed by atoms with Crippen molar-refractivity contribution in [2.45, 2.75) is 18.6 Å². The Bertz CT molecular complexity index is 409. The van der Waals surface area contributed by atoms with Crippen LogP contribution in [0.15, 0.2) is 0 Å². The highest BCUT2D eigenvalue weighted by molar-refractivity contribution is 8.00. The number of anilines is 2. The van der Waals surface area contributed by atoms with E-state index in [-0.39, 0.29) is 0 Å². The molecule has 0 amide bonds. The van der Waals surface area contributed by atoms with E-state index in [1.165, 1.54) is 11.5 Å². The van der Waals surface area contributed by atoms with Crippen molar-refractivity contribution in [3.8, 4) is 6.07 Å². The lowest BCUT2D eigenvalue weighted by molar-refractivity contribution is 0.732. The first-order chi connectivity index (χ1) is 7.76. The van der Waals surface area contributed by atoms with E-state index in [1.54, 1.807) is 0 Å².